The molecule has 2 heterocycles. The molecular weight excluding hydrogens is 825 g/mol. The predicted octanol–water partition coefficient (Wildman–Crippen LogP) is 16.6. The van der Waals surface area contributed by atoms with E-state index < -0.39 is 0 Å². The topological polar surface area (TPSA) is 51.6 Å². The average molecular weight is 867 g/mol. The van der Waals surface area contributed by atoms with Crippen LogP contribution in [0, 0.1) is 0 Å². The molecule has 0 atom stereocenters. The molecule has 0 saturated carbocycles. The second-order valence-corrected chi connectivity index (χ2v) is 17.1. The van der Waals surface area contributed by atoms with Crippen molar-refractivity contribution < 1.29 is 0 Å². The standard InChI is InChI=1S/C64H42N4/c1-3-11-43(12-4-1)47-19-29-51(30-20-47)59-41-61(67-63(65-59)57-37-27-45-15-7-9-17-55(45)39-57)53-33-23-49(24-34-53)50-25-35-54(36-26-50)62-42-60(52-31-21-48(22-32-52)44-13-5-2-6-14-44)66-64(68-62)58-38-28-46-16-8-10-18-56(46)40-58/h1-42H. The lowest BCUT2D eigenvalue weighted by molar-refractivity contribution is 1.18. The Bertz CT molecular complexity index is 3490. The monoisotopic (exact) mass is 866 g/mol. The minimum absolute atomic E-state index is 0.691. The maximum atomic E-state index is 5.19. The zero-order valence-electron chi connectivity index (χ0n) is 37.0. The van der Waals surface area contributed by atoms with Crippen molar-refractivity contribution in [3.05, 3.63) is 255 Å². The van der Waals surface area contributed by atoms with E-state index in [4.69, 9.17) is 19.9 Å². The Morgan fingerprint density at radius 3 is 0.706 bits per heavy atom. The maximum absolute atomic E-state index is 5.19. The van der Waals surface area contributed by atoms with Crippen molar-refractivity contribution in [3.8, 4) is 101 Å². The fourth-order valence-electron chi connectivity index (χ4n) is 9.00. The zero-order valence-corrected chi connectivity index (χ0v) is 37.0. The van der Waals surface area contributed by atoms with E-state index >= 15 is 0 Å². The third-order valence-electron chi connectivity index (χ3n) is 12.7. The van der Waals surface area contributed by atoms with E-state index in [1.165, 1.54) is 33.0 Å². The summed E-state index contributed by atoms with van der Waals surface area (Å²) in [6, 6.07) is 89.5. The van der Waals surface area contributed by atoms with Gasteiger partial charge in [0, 0.05) is 33.4 Å². The number of hydrogen-bond acceptors (Lipinski definition) is 4. The van der Waals surface area contributed by atoms with E-state index in [2.05, 4.69) is 243 Å². The lowest BCUT2D eigenvalue weighted by Crippen LogP contribution is -1.96. The summed E-state index contributed by atoms with van der Waals surface area (Å²) in [4.78, 5) is 20.7. The van der Waals surface area contributed by atoms with Gasteiger partial charge in [-0.25, -0.2) is 19.9 Å². The predicted molar refractivity (Wildman–Crippen MR) is 282 cm³/mol. The van der Waals surface area contributed by atoms with Crippen LogP contribution in [0.3, 0.4) is 0 Å². The molecule has 68 heavy (non-hydrogen) atoms. The van der Waals surface area contributed by atoms with Gasteiger partial charge in [-0.15, -0.1) is 0 Å². The van der Waals surface area contributed by atoms with E-state index in [0.29, 0.717) is 11.6 Å². The van der Waals surface area contributed by atoms with E-state index in [9.17, 15) is 0 Å². The van der Waals surface area contributed by atoms with Gasteiger partial charge in [-0.3, -0.25) is 0 Å². The van der Waals surface area contributed by atoms with Gasteiger partial charge in [0.15, 0.2) is 11.6 Å². The lowest BCUT2D eigenvalue weighted by Gasteiger charge is -2.12. The Morgan fingerprint density at radius 1 is 0.162 bits per heavy atom. The van der Waals surface area contributed by atoms with Gasteiger partial charge >= 0.3 is 0 Å². The smallest absolute Gasteiger partial charge is 0.160 e. The van der Waals surface area contributed by atoms with Gasteiger partial charge < -0.3 is 0 Å². The first-order valence-electron chi connectivity index (χ1n) is 22.9. The van der Waals surface area contributed by atoms with Crippen molar-refractivity contribution in [2.45, 2.75) is 0 Å². The van der Waals surface area contributed by atoms with Gasteiger partial charge in [-0.1, -0.05) is 231 Å². The summed E-state index contributed by atoms with van der Waals surface area (Å²) >= 11 is 0. The molecule has 2 aromatic heterocycles. The van der Waals surface area contributed by atoms with Crippen molar-refractivity contribution in [1.29, 1.82) is 0 Å². The average Bonchev–Trinajstić information content (AvgIpc) is 3.43. The van der Waals surface area contributed by atoms with Crippen LogP contribution in [0.25, 0.3) is 123 Å². The summed E-state index contributed by atoms with van der Waals surface area (Å²) in [5, 5.41) is 4.68. The minimum Gasteiger partial charge on any atom is -0.228 e. The molecule has 0 bridgehead atoms. The van der Waals surface area contributed by atoms with Crippen molar-refractivity contribution in [2.24, 2.45) is 0 Å². The fourth-order valence-corrected chi connectivity index (χ4v) is 9.00. The Balaban J connectivity index is 0.871. The number of benzene rings is 10. The SMILES string of the molecule is c1ccc(-c2ccc(-c3cc(-c4ccc(-c5ccc(-c6cc(-c7ccc(-c8ccccc8)cc7)nc(-c7ccc8ccccc8c7)n6)cc5)cc4)nc(-c4ccc5ccccc5c4)n3)cc2)cc1. The molecule has 0 spiro atoms. The second-order valence-electron chi connectivity index (χ2n) is 17.1. The molecular formula is C64H42N4. The molecule has 0 amide bonds. The quantitative estimate of drug-likeness (QED) is 0.145. The molecule has 10 aromatic carbocycles. The Morgan fingerprint density at radius 2 is 0.397 bits per heavy atom. The summed E-state index contributed by atoms with van der Waals surface area (Å²) in [7, 11) is 0. The largest absolute Gasteiger partial charge is 0.228 e. The van der Waals surface area contributed by atoms with E-state index in [1.54, 1.807) is 0 Å². The minimum atomic E-state index is 0.691. The summed E-state index contributed by atoms with van der Waals surface area (Å²) in [6.07, 6.45) is 0. The van der Waals surface area contributed by atoms with E-state index in [1.807, 2.05) is 12.1 Å². The molecule has 12 aromatic rings. The summed E-state index contributed by atoms with van der Waals surface area (Å²) in [6.45, 7) is 0. The van der Waals surface area contributed by atoms with Crippen LogP contribution in [0.5, 0.6) is 0 Å². The van der Waals surface area contributed by atoms with Gasteiger partial charge in [0.05, 0.1) is 22.8 Å². The van der Waals surface area contributed by atoms with Crippen LogP contribution in [0.1, 0.15) is 0 Å². The van der Waals surface area contributed by atoms with Gasteiger partial charge in [0.2, 0.25) is 0 Å². The third-order valence-corrected chi connectivity index (χ3v) is 12.7. The molecule has 0 aliphatic carbocycles. The first kappa shape index (κ1) is 40.4. The first-order valence-corrected chi connectivity index (χ1v) is 22.9. The highest BCUT2D eigenvalue weighted by molar-refractivity contribution is 5.88. The second kappa shape index (κ2) is 17.7. The number of hydrogen-bond donors (Lipinski definition) is 0. The molecule has 12 rings (SSSR count). The summed E-state index contributed by atoms with van der Waals surface area (Å²) in [5.41, 5.74) is 16.5. The van der Waals surface area contributed by atoms with Crippen LogP contribution in [0.2, 0.25) is 0 Å². The molecule has 318 valence electrons. The molecule has 0 saturated heterocycles. The highest BCUT2D eigenvalue weighted by Gasteiger charge is 2.15. The van der Waals surface area contributed by atoms with Crippen molar-refractivity contribution in [1.82, 2.24) is 19.9 Å². The van der Waals surface area contributed by atoms with Gasteiger partial charge in [0.1, 0.15) is 0 Å². The zero-order chi connectivity index (χ0) is 45.2. The molecule has 0 fully saturated rings. The third kappa shape index (κ3) is 8.23. The maximum Gasteiger partial charge on any atom is 0.160 e. The van der Waals surface area contributed by atoms with E-state index in [0.717, 1.165) is 78.1 Å². The normalized spacial score (nSPS) is 11.2. The van der Waals surface area contributed by atoms with Crippen molar-refractivity contribution in [2.75, 3.05) is 0 Å². The highest BCUT2D eigenvalue weighted by atomic mass is 14.9. The van der Waals surface area contributed by atoms with Crippen LogP contribution >= 0.6 is 0 Å². The molecule has 0 radical (unpaired) electrons. The first-order chi connectivity index (χ1) is 33.6. The molecule has 0 unspecified atom stereocenters. The highest BCUT2D eigenvalue weighted by Crippen LogP contribution is 2.34. The van der Waals surface area contributed by atoms with Crippen LogP contribution in [0.15, 0.2) is 255 Å². The molecule has 4 heteroatoms. The van der Waals surface area contributed by atoms with E-state index in [-0.39, 0.29) is 0 Å². The number of fused-ring (bicyclic) bond motifs is 2. The summed E-state index contributed by atoms with van der Waals surface area (Å²) < 4.78 is 0. The summed E-state index contributed by atoms with van der Waals surface area (Å²) in [5.74, 6) is 1.38. The van der Waals surface area contributed by atoms with Gasteiger partial charge in [-0.05, 0) is 79.2 Å². The Labute approximate surface area is 395 Å². The van der Waals surface area contributed by atoms with Crippen LogP contribution in [-0.4, -0.2) is 19.9 Å². The number of nitrogens with zero attached hydrogens (tertiary/aromatic N) is 4. The molecule has 0 aliphatic heterocycles. The van der Waals surface area contributed by atoms with Crippen molar-refractivity contribution in [3.63, 3.8) is 0 Å². The molecule has 0 aliphatic rings. The van der Waals surface area contributed by atoms with Gasteiger partial charge in [-0.2, -0.15) is 0 Å². The fraction of sp³-hybridized carbons (Fsp3) is 0. The van der Waals surface area contributed by atoms with Crippen LogP contribution in [0.4, 0.5) is 0 Å². The van der Waals surface area contributed by atoms with Crippen LogP contribution < -0.4 is 0 Å². The Kier molecular flexibility index (Phi) is 10.5. The van der Waals surface area contributed by atoms with Gasteiger partial charge in [0.25, 0.3) is 0 Å². The van der Waals surface area contributed by atoms with Crippen LogP contribution in [-0.2, 0) is 0 Å². The number of aromatic nitrogens is 4. The molecule has 0 N–H and O–H groups in total. The van der Waals surface area contributed by atoms with Crippen molar-refractivity contribution >= 4 is 21.5 Å². The Hall–Kier alpha value is -9.12. The molecule has 4 nitrogen and oxygen atoms in total. The number of rotatable bonds is 9. The lowest BCUT2D eigenvalue weighted by atomic mass is 9.99.